The summed E-state index contributed by atoms with van der Waals surface area (Å²) >= 11 is 5.97. The van der Waals surface area contributed by atoms with Crippen LogP contribution in [-0.4, -0.2) is 66.2 Å². The Morgan fingerprint density at radius 3 is 2.64 bits per heavy atom. The molecule has 1 aromatic rings. The van der Waals surface area contributed by atoms with Crippen molar-refractivity contribution in [2.24, 2.45) is 11.8 Å². The summed E-state index contributed by atoms with van der Waals surface area (Å²) in [5, 5.41) is 6.68. The Balaban J connectivity index is 1.40. The van der Waals surface area contributed by atoms with Crippen LogP contribution in [0.3, 0.4) is 0 Å². The van der Waals surface area contributed by atoms with Crippen LogP contribution in [0.1, 0.15) is 45.4 Å². The van der Waals surface area contributed by atoms with Crippen molar-refractivity contribution in [2.75, 3.05) is 25.1 Å². The molecule has 3 heterocycles. The van der Waals surface area contributed by atoms with Crippen molar-refractivity contribution in [2.45, 2.75) is 69.2 Å². The van der Waals surface area contributed by atoms with Crippen LogP contribution in [-0.2, 0) is 23.9 Å². The van der Waals surface area contributed by atoms with E-state index in [-0.39, 0.29) is 23.8 Å². The molecule has 2 saturated heterocycles. The van der Waals surface area contributed by atoms with Gasteiger partial charge in [0, 0.05) is 36.5 Å². The minimum absolute atomic E-state index is 0.105. The van der Waals surface area contributed by atoms with Crippen molar-refractivity contribution in [3.63, 3.8) is 0 Å². The van der Waals surface area contributed by atoms with Gasteiger partial charge >= 0.3 is 0 Å². The Hall–Kier alpha value is -2.42. The third kappa shape index (κ3) is 4.55. The topological polar surface area (TPSA) is 97.0 Å². The van der Waals surface area contributed by atoms with Crippen LogP contribution >= 0.6 is 11.6 Å². The smallest absolute Gasteiger partial charge is 0.246 e. The third-order valence-electron chi connectivity index (χ3n) is 7.88. The maximum absolute atomic E-state index is 13.8. The van der Waals surface area contributed by atoms with E-state index in [1.54, 1.807) is 29.2 Å². The van der Waals surface area contributed by atoms with Crippen LogP contribution < -0.4 is 10.6 Å². The zero-order valence-corrected chi connectivity index (χ0v) is 21.3. The first kappa shape index (κ1) is 25.2. The van der Waals surface area contributed by atoms with E-state index in [0.29, 0.717) is 36.9 Å². The molecule has 3 fully saturated rings. The number of nitrogens with zero attached hydrogens (tertiary/aromatic N) is 1. The Bertz CT molecular complexity index is 1020. The quantitative estimate of drug-likeness (QED) is 0.388. The van der Waals surface area contributed by atoms with Crippen molar-refractivity contribution < 1.29 is 23.9 Å². The highest BCUT2D eigenvalue weighted by Crippen LogP contribution is 2.55. The monoisotopic (exact) mass is 515 g/mol. The van der Waals surface area contributed by atoms with E-state index in [9.17, 15) is 14.4 Å². The van der Waals surface area contributed by atoms with Crippen LogP contribution in [0.15, 0.2) is 36.4 Å². The van der Waals surface area contributed by atoms with Crippen LogP contribution in [0.25, 0.3) is 0 Å². The number of anilines is 1. The average molecular weight is 516 g/mol. The molecule has 5 unspecified atom stereocenters. The van der Waals surface area contributed by atoms with E-state index in [1.165, 1.54) is 6.42 Å². The van der Waals surface area contributed by atoms with E-state index in [4.69, 9.17) is 21.1 Å². The molecule has 3 amide bonds. The summed E-state index contributed by atoms with van der Waals surface area (Å²) < 4.78 is 11.9. The van der Waals surface area contributed by atoms with Crippen LogP contribution in [0, 0.1) is 11.8 Å². The number of ether oxygens (including phenoxy) is 2. The van der Waals surface area contributed by atoms with Gasteiger partial charge in [0.25, 0.3) is 0 Å². The second-order valence-electron chi connectivity index (χ2n) is 10.1. The minimum atomic E-state index is -1.14. The maximum Gasteiger partial charge on any atom is 0.246 e. The number of fused-ring (bicyclic) bond motifs is 1. The SMILES string of the molecule is CCOCCCN1C(=O)C2C(C(=O)Nc3ccc(Cl)cc3)C3C=CC2(O3)C1C(=O)NC1CCCCC1. The summed E-state index contributed by atoms with van der Waals surface area (Å²) in [5.41, 5.74) is -0.551. The van der Waals surface area contributed by atoms with E-state index in [0.717, 1.165) is 25.7 Å². The number of hydrogen-bond donors (Lipinski definition) is 2. The molecule has 1 aliphatic carbocycles. The molecule has 2 N–H and O–H groups in total. The van der Waals surface area contributed by atoms with Crippen molar-refractivity contribution in [1.82, 2.24) is 10.2 Å². The van der Waals surface area contributed by atoms with Crippen LogP contribution in [0.5, 0.6) is 0 Å². The second kappa shape index (κ2) is 10.5. The number of benzene rings is 1. The predicted molar refractivity (Wildman–Crippen MR) is 135 cm³/mol. The first-order valence-electron chi connectivity index (χ1n) is 13.1. The van der Waals surface area contributed by atoms with Crippen LogP contribution in [0.4, 0.5) is 5.69 Å². The van der Waals surface area contributed by atoms with Crippen molar-refractivity contribution in [3.05, 3.63) is 41.4 Å². The lowest BCUT2D eigenvalue weighted by Crippen LogP contribution is -2.56. The Morgan fingerprint density at radius 1 is 1.17 bits per heavy atom. The summed E-state index contributed by atoms with van der Waals surface area (Å²) in [6, 6.07) is 6.12. The van der Waals surface area contributed by atoms with Crippen molar-refractivity contribution in [3.8, 4) is 0 Å². The third-order valence-corrected chi connectivity index (χ3v) is 8.13. The van der Waals surface area contributed by atoms with Gasteiger partial charge in [-0.25, -0.2) is 0 Å². The zero-order valence-electron chi connectivity index (χ0n) is 20.6. The molecule has 0 aromatic heterocycles. The maximum atomic E-state index is 13.8. The average Bonchev–Trinajstić information content (AvgIpc) is 3.51. The molecule has 36 heavy (non-hydrogen) atoms. The molecule has 194 valence electrons. The summed E-state index contributed by atoms with van der Waals surface area (Å²) in [5.74, 6) is -2.18. The molecule has 4 aliphatic rings. The lowest BCUT2D eigenvalue weighted by Gasteiger charge is -2.34. The van der Waals surface area contributed by atoms with Crippen molar-refractivity contribution >= 4 is 35.0 Å². The van der Waals surface area contributed by atoms with E-state index in [1.807, 2.05) is 19.1 Å². The Labute approximate surface area is 216 Å². The highest BCUT2D eigenvalue weighted by Gasteiger charge is 2.72. The molecule has 1 saturated carbocycles. The molecule has 5 rings (SSSR count). The summed E-state index contributed by atoms with van der Waals surface area (Å²) in [6.07, 6.45) is 8.98. The van der Waals surface area contributed by atoms with Gasteiger partial charge in [0.05, 0.1) is 17.9 Å². The summed E-state index contributed by atoms with van der Waals surface area (Å²) in [6.45, 7) is 3.38. The molecular formula is C27H34ClN3O5. The number of carbonyl (C=O) groups is 3. The Kier molecular flexibility index (Phi) is 7.37. The van der Waals surface area contributed by atoms with Gasteiger partial charge in [0.2, 0.25) is 17.7 Å². The molecular weight excluding hydrogens is 482 g/mol. The second-order valence-corrected chi connectivity index (χ2v) is 10.6. The van der Waals surface area contributed by atoms with E-state index in [2.05, 4.69) is 10.6 Å². The first-order valence-corrected chi connectivity index (χ1v) is 13.4. The standard InChI is InChI=1S/C27H34ClN3O5/c1-2-35-16-6-15-31-23(25(33)30-18-7-4-3-5-8-18)27-14-13-20(36-27)21(22(27)26(31)34)24(32)29-19-11-9-17(28)10-12-19/h9-14,18,20-23H,2-8,15-16H2,1H3,(H,29,32)(H,30,33). The number of amides is 3. The molecule has 0 radical (unpaired) electrons. The number of halogens is 1. The molecule has 1 aromatic carbocycles. The number of hydrogen-bond acceptors (Lipinski definition) is 5. The van der Waals surface area contributed by atoms with Crippen LogP contribution in [0.2, 0.25) is 5.02 Å². The van der Waals surface area contributed by atoms with Gasteiger partial charge in [0.15, 0.2) is 0 Å². The van der Waals surface area contributed by atoms with E-state index < -0.39 is 29.6 Å². The molecule has 8 nitrogen and oxygen atoms in total. The minimum Gasteiger partial charge on any atom is -0.382 e. The number of carbonyl (C=O) groups excluding carboxylic acids is 3. The van der Waals surface area contributed by atoms with Gasteiger partial charge < -0.3 is 25.0 Å². The molecule has 2 bridgehead atoms. The number of likely N-dealkylation sites (tertiary alicyclic amines) is 1. The highest BCUT2D eigenvalue weighted by atomic mass is 35.5. The fraction of sp³-hybridized carbons (Fsp3) is 0.593. The van der Waals surface area contributed by atoms with Gasteiger partial charge in [-0.1, -0.05) is 43.0 Å². The summed E-state index contributed by atoms with van der Waals surface area (Å²) in [7, 11) is 0. The van der Waals surface area contributed by atoms with Gasteiger partial charge in [0.1, 0.15) is 11.6 Å². The normalized spacial score (nSPS) is 31.1. The molecule has 9 heteroatoms. The molecule has 5 atom stereocenters. The van der Waals surface area contributed by atoms with Gasteiger partial charge in [-0.2, -0.15) is 0 Å². The van der Waals surface area contributed by atoms with E-state index >= 15 is 0 Å². The lowest BCUT2D eigenvalue weighted by molar-refractivity contribution is -0.141. The van der Waals surface area contributed by atoms with Gasteiger partial charge in [-0.05, 0) is 50.5 Å². The first-order chi connectivity index (χ1) is 17.4. The van der Waals surface area contributed by atoms with Gasteiger partial charge in [-0.15, -0.1) is 0 Å². The lowest BCUT2D eigenvalue weighted by atomic mass is 9.74. The summed E-state index contributed by atoms with van der Waals surface area (Å²) in [4.78, 5) is 42.6. The predicted octanol–water partition coefficient (Wildman–Crippen LogP) is 3.30. The fourth-order valence-corrected chi connectivity index (χ4v) is 6.40. The Morgan fingerprint density at radius 2 is 1.92 bits per heavy atom. The number of nitrogens with one attached hydrogen (secondary N) is 2. The molecule has 1 spiro atoms. The van der Waals surface area contributed by atoms with Crippen molar-refractivity contribution in [1.29, 1.82) is 0 Å². The highest BCUT2D eigenvalue weighted by molar-refractivity contribution is 6.30. The zero-order chi connectivity index (χ0) is 25.3. The largest absolute Gasteiger partial charge is 0.382 e. The number of rotatable bonds is 9. The fourth-order valence-electron chi connectivity index (χ4n) is 6.27. The van der Waals surface area contributed by atoms with Gasteiger partial charge in [-0.3, -0.25) is 14.4 Å². The molecule has 3 aliphatic heterocycles.